The first-order valence-electron chi connectivity index (χ1n) is 6.56. The van der Waals surface area contributed by atoms with Gasteiger partial charge >= 0.3 is 0 Å². The predicted octanol–water partition coefficient (Wildman–Crippen LogP) is 1.65. The molecule has 0 N–H and O–H groups in total. The van der Waals surface area contributed by atoms with Crippen LogP contribution in [0.25, 0.3) is 0 Å². The summed E-state index contributed by atoms with van der Waals surface area (Å²) >= 11 is 0. The van der Waals surface area contributed by atoms with E-state index in [1.807, 2.05) is 0 Å². The van der Waals surface area contributed by atoms with Crippen LogP contribution in [-0.2, 0) is 20.2 Å². The van der Waals surface area contributed by atoms with E-state index in [2.05, 4.69) is 10.2 Å². The molecular formula is C11H16ClN3O3S. The summed E-state index contributed by atoms with van der Waals surface area (Å²) < 4.78 is 30.2. The Kier molecular flexibility index (Phi) is 3.53. The molecule has 0 amide bonds. The summed E-state index contributed by atoms with van der Waals surface area (Å²) in [5.74, 6) is 0.706. The zero-order chi connectivity index (χ0) is 13.5. The lowest BCUT2D eigenvalue weighted by Gasteiger charge is -2.10. The fraction of sp³-hybridized carbons (Fsp3) is 0.818. The van der Waals surface area contributed by atoms with Crippen LogP contribution in [0, 0.1) is 0 Å². The van der Waals surface area contributed by atoms with Crippen LogP contribution < -0.4 is 0 Å². The molecule has 1 atom stereocenters. The van der Waals surface area contributed by atoms with E-state index < -0.39 is 9.05 Å². The van der Waals surface area contributed by atoms with E-state index in [-0.39, 0.29) is 17.3 Å². The van der Waals surface area contributed by atoms with Crippen LogP contribution in [0.1, 0.15) is 44.0 Å². The zero-order valence-corrected chi connectivity index (χ0v) is 12.0. The molecule has 1 saturated heterocycles. The number of halogens is 1. The second-order valence-electron chi connectivity index (χ2n) is 5.11. The van der Waals surface area contributed by atoms with Gasteiger partial charge in [0.2, 0.25) is 0 Å². The van der Waals surface area contributed by atoms with Crippen molar-refractivity contribution in [2.75, 3.05) is 6.61 Å². The maximum absolute atomic E-state index is 11.5. The second kappa shape index (κ2) is 5.03. The van der Waals surface area contributed by atoms with Crippen molar-refractivity contribution >= 4 is 19.7 Å². The Bertz CT molecular complexity index is 562. The highest BCUT2D eigenvalue weighted by atomic mass is 35.7. The lowest BCUT2D eigenvalue weighted by Crippen LogP contribution is -2.11. The molecule has 2 heterocycles. The third-order valence-corrected chi connectivity index (χ3v) is 4.71. The fourth-order valence-corrected chi connectivity index (χ4v) is 3.45. The Labute approximate surface area is 116 Å². The molecule has 3 rings (SSSR count). The Morgan fingerprint density at radius 1 is 1.32 bits per heavy atom. The van der Waals surface area contributed by atoms with Gasteiger partial charge in [-0.15, -0.1) is 10.2 Å². The lowest BCUT2D eigenvalue weighted by molar-refractivity contribution is 0.104. The molecule has 8 heteroatoms. The van der Waals surface area contributed by atoms with Gasteiger partial charge < -0.3 is 4.74 Å². The average Bonchev–Trinajstić information content (AvgIpc) is 2.90. The van der Waals surface area contributed by atoms with E-state index >= 15 is 0 Å². The van der Waals surface area contributed by atoms with Crippen LogP contribution in [0.3, 0.4) is 0 Å². The minimum absolute atomic E-state index is 0.112. The van der Waals surface area contributed by atoms with Crippen molar-refractivity contribution in [3.8, 4) is 0 Å². The standard InChI is InChI=1S/C11H16ClN3O3S/c12-19(16,17)11-14-13-10(15(11)8-3-4-8)6-5-9-2-1-7-18-9/h8-9H,1-7H2. The van der Waals surface area contributed by atoms with Gasteiger partial charge in [-0.1, -0.05) is 0 Å². The fourth-order valence-electron chi connectivity index (χ4n) is 2.51. The SMILES string of the molecule is O=S(=O)(Cl)c1nnc(CCC2CCCO2)n1C1CC1. The molecule has 1 aliphatic heterocycles. The first-order valence-corrected chi connectivity index (χ1v) is 8.86. The molecule has 1 unspecified atom stereocenters. The molecule has 106 valence electrons. The highest BCUT2D eigenvalue weighted by Gasteiger charge is 2.33. The summed E-state index contributed by atoms with van der Waals surface area (Å²) in [5.41, 5.74) is 0. The van der Waals surface area contributed by atoms with Crippen molar-refractivity contribution in [2.45, 2.75) is 55.8 Å². The first kappa shape index (κ1) is 13.3. The maximum Gasteiger partial charge on any atom is 0.296 e. The minimum atomic E-state index is -3.82. The van der Waals surface area contributed by atoms with Crippen LogP contribution in [0.4, 0.5) is 0 Å². The quantitative estimate of drug-likeness (QED) is 0.773. The van der Waals surface area contributed by atoms with Gasteiger partial charge in [0.05, 0.1) is 6.10 Å². The normalized spacial score (nSPS) is 23.9. The Morgan fingerprint density at radius 3 is 2.68 bits per heavy atom. The number of hydrogen-bond donors (Lipinski definition) is 0. The number of aryl methyl sites for hydroxylation is 1. The number of aromatic nitrogens is 3. The van der Waals surface area contributed by atoms with E-state index in [9.17, 15) is 8.42 Å². The van der Waals surface area contributed by atoms with Crippen molar-refractivity contribution in [3.63, 3.8) is 0 Å². The molecular weight excluding hydrogens is 290 g/mol. The van der Waals surface area contributed by atoms with Gasteiger partial charge in [0.15, 0.2) is 0 Å². The first-order chi connectivity index (χ1) is 9.05. The van der Waals surface area contributed by atoms with Crippen molar-refractivity contribution in [2.24, 2.45) is 0 Å². The van der Waals surface area contributed by atoms with E-state index in [1.165, 1.54) is 0 Å². The zero-order valence-electron chi connectivity index (χ0n) is 10.5. The number of hydrogen-bond acceptors (Lipinski definition) is 5. The monoisotopic (exact) mass is 305 g/mol. The average molecular weight is 306 g/mol. The summed E-state index contributed by atoms with van der Waals surface area (Å²) in [7, 11) is 1.58. The minimum Gasteiger partial charge on any atom is -0.378 e. The van der Waals surface area contributed by atoms with Crippen LogP contribution in [0.5, 0.6) is 0 Å². The van der Waals surface area contributed by atoms with Crippen molar-refractivity contribution in [3.05, 3.63) is 5.82 Å². The molecule has 1 saturated carbocycles. The molecule has 0 aromatic carbocycles. The van der Waals surface area contributed by atoms with Gasteiger partial charge in [-0.05, 0) is 32.1 Å². The predicted molar refractivity (Wildman–Crippen MR) is 68.6 cm³/mol. The third-order valence-electron chi connectivity index (χ3n) is 3.58. The van der Waals surface area contributed by atoms with E-state index in [0.717, 1.165) is 38.7 Å². The summed E-state index contributed by atoms with van der Waals surface area (Å²) in [6.45, 7) is 0.821. The van der Waals surface area contributed by atoms with Crippen LogP contribution in [0.2, 0.25) is 0 Å². The summed E-state index contributed by atoms with van der Waals surface area (Å²) in [6.07, 6.45) is 5.89. The second-order valence-corrected chi connectivity index (χ2v) is 7.57. The summed E-state index contributed by atoms with van der Waals surface area (Å²) in [6, 6.07) is 0.193. The molecule has 0 spiro atoms. The summed E-state index contributed by atoms with van der Waals surface area (Å²) in [4.78, 5) is 0. The van der Waals surface area contributed by atoms with Gasteiger partial charge in [-0.3, -0.25) is 4.57 Å². The van der Waals surface area contributed by atoms with Crippen molar-refractivity contribution in [1.82, 2.24) is 14.8 Å². The van der Waals surface area contributed by atoms with Crippen molar-refractivity contribution < 1.29 is 13.2 Å². The molecule has 0 bridgehead atoms. The van der Waals surface area contributed by atoms with E-state index in [1.54, 1.807) is 4.57 Å². The van der Waals surface area contributed by atoms with Gasteiger partial charge in [0.1, 0.15) is 5.82 Å². The Morgan fingerprint density at radius 2 is 2.11 bits per heavy atom. The number of rotatable bonds is 5. The third kappa shape index (κ3) is 2.93. The highest BCUT2D eigenvalue weighted by Crippen LogP contribution is 2.38. The van der Waals surface area contributed by atoms with Gasteiger partial charge in [-0.2, -0.15) is 0 Å². The Balaban J connectivity index is 1.79. The van der Waals surface area contributed by atoms with E-state index in [4.69, 9.17) is 15.4 Å². The number of ether oxygens (including phenoxy) is 1. The van der Waals surface area contributed by atoms with Crippen LogP contribution in [-0.4, -0.2) is 35.9 Å². The van der Waals surface area contributed by atoms with Gasteiger partial charge in [-0.25, -0.2) is 8.42 Å². The molecule has 1 aromatic heterocycles. The molecule has 0 radical (unpaired) electrons. The van der Waals surface area contributed by atoms with Gasteiger partial charge in [0.25, 0.3) is 14.2 Å². The smallest absolute Gasteiger partial charge is 0.296 e. The van der Waals surface area contributed by atoms with Crippen LogP contribution >= 0.6 is 10.7 Å². The topological polar surface area (TPSA) is 74.1 Å². The molecule has 1 aliphatic carbocycles. The highest BCUT2D eigenvalue weighted by molar-refractivity contribution is 8.13. The Hall–Kier alpha value is -0.660. The van der Waals surface area contributed by atoms with Crippen LogP contribution in [0.15, 0.2) is 5.16 Å². The summed E-state index contributed by atoms with van der Waals surface area (Å²) in [5, 5.41) is 7.63. The largest absolute Gasteiger partial charge is 0.378 e. The maximum atomic E-state index is 11.5. The molecule has 2 fully saturated rings. The lowest BCUT2D eigenvalue weighted by atomic mass is 10.1. The number of nitrogens with zero attached hydrogens (tertiary/aromatic N) is 3. The molecule has 1 aromatic rings. The van der Waals surface area contributed by atoms with Gasteiger partial charge in [0, 0.05) is 29.8 Å². The molecule has 2 aliphatic rings. The van der Waals surface area contributed by atoms with Crippen molar-refractivity contribution in [1.29, 1.82) is 0 Å². The molecule has 19 heavy (non-hydrogen) atoms. The van der Waals surface area contributed by atoms with E-state index in [0.29, 0.717) is 12.2 Å². The molecule has 6 nitrogen and oxygen atoms in total.